The Morgan fingerprint density at radius 1 is 0.825 bits per heavy atom. The molecule has 9 nitrogen and oxygen atoms in total. The van der Waals surface area contributed by atoms with Crippen molar-refractivity contribution in [1.29, 1.82) is 0 Å². The number of hydrogen-bond donors (Lipinski definition) is 1. The van der Waals surface area contributed by atoms with Gasteiger partial charge in [-0.2, -0.15) is 0 Å². The summed E-state index contributed by atoms with van der Waals surface area (Å²) < 4.78 is 21.6. The van der Waals surface area contributed by atoms with Crippen LogP contribution in [0.3, 0.4) is 0 Å². The molecule has 218 valence electrons. The molecular formula is C31H43N3O6. The van der Waals surface area contributed by atoms with Crippen molar-refractivity contribution in [2.24, 2.45) is 5.92 Å². The third-order valence-electron chi connectivity index (χ3n) is 8.33. The minimum absolute atomic E-state index is 0.242. The molecule has 1 N–H and O–H groups in total. The van der Waals surface area contributed by atoms with E-state index in [-0.39, 0.29) is 17.7 Å². The van der Waals surface area contributed by atoms with Crippen LogP contribution in [0.25, 0.3) is 0 Å². The number of nitrogens with one attached hydrogen (secondary N) is 1. The topological polar surface area (TPSA) is 89.6 Å². The second-order valence-electron chi connectivity index (χ2n) is 11.1. The molecule has 2 aromatic carbocycles. The van der Waals surface area contributed by atoms with Crippen molar-refractivity contribution in [2.75, 3.05) is 53.4 Å². The molecule has 0 radical (unpaired) electrons. The van der Waals surface area contributed by atoms with Crippen LogP contribution in [0, 0.1) is 5.92 Å². The number of amides is 2. The van der Waals surface area contributed by atoms with Gasteiger partial charge < -0.3 is 34.1 Å². The molecule has 2 heterocycles. The zero-order valence-electron chi connectivity index (χ0n) is 24.6. The number of ether oxygens (including phenoxy) is 4. The molecular weight excluding hydrogens is 510 g/mol. The first kappa shape index (κ1) is 29.5. The molecule has 40 heavy (non-hydrogen) atoms. The van der Waals surface area contributed by atoms with Crippen LogP contribution in [0.15, 0.2) is 36.4 Å². The van der Waals surface area contributed by atoms with Gasteiger partial charge in [0.15, 0.2) is 0 Å². The summed E-state index contributed by atoms with van der Waals surface area (Å²) in [6, 6.07) is 10.8. The third kappa shape index (κ3) is 6.46. The van der Waals surface area contributed by atoms with Gasteiger partial charge in [0.2, 0.25) is 5.91 Å². The Morgan fingerprint density at radius 2 is 1.38 bits per heavy atom. The SMILES string of the molecule is COc1cc(NC(=O)C(C)(C)N(C[C@@H]2CCCN3CCCC[C@H]23)C(=O)c2cc(OC)cc(OC)c2)cc(OC)c1. The van der Waals surface area contributed by atoms with Crippen molar-refractivity contribution in [3.05, 3.63) is 42.0 Å². The predicted molar refractivity (Wildman–Crippen MR) is 155 cm³/mol. The molecule has 2 amide bonds. The number of hydrogen-bond acceptors (Lipinski definition) is 7. The molecule has 0 aromatic heterocycles. The van der Waals surface area contributed by atoms with Crippen molar-refractivity contribution in [3.63, 3.8) is 0 Å². The number of piperidine rings is 2. The molecule has 2 aliphatic heterocycles. The molecule has 4 rings (SSSR count). The maximum absolute atomic E-state index is 14.3. The number of rotatable bonds is 10. The molecule has 0 spiro atoms. The summed E-state index contributed by atoms with van der Waals surface area (Å²) in [6.45, 7) is 6.28. The average molecular weight is 554 g/mol. The lowest BCUT2D eigenvalue weighted by molar-refractivity contribution is -0.125. The molecule has 2 atom stereocenters. The Hall–Kier alpha value is -3.46. The first-order valence-electron chi connectivity index (χ1n) is 14.0. The second kappa shape index (κ2) is 12.8. The summed E-state index contributed by atoms with van der Waals surface area (Å²) in [7, 11) is 6.23. The second-order valence-corrected chi connectivity index (χ2v) is 11.1. The first-order chi connectivity index (χ1) is 19.2. The highest BCUT2D eigenvalue weighted by molar-refractivity contribution is 6.03. The van der Waals surface area contributed by atoms with Gasteiger partial charge in [0.25, 0.3) is 5.91 Å². The summed E-state index contributed by atoms with van der Waals surface area (Å²) >= 11 is 0. The number of benzene rings is 2. The number of carbonyl (C=O) groups is 2. The van der Waals surface area contributed by atoms with E-state index in [2.05, 4.69) is 10.2 Å². The lowest BCUT2D eigenvalue weighted by Gasteiger charge is -2.47. The molecule has 2 aromatic rings. The van der Waals surface area contributed by atoms with E-state index in [1.165, 1.54) is 12.8 Å². The summed E-state index contributed by atoms with van der Waals surface area (Å²) in [4.78, 5) is 32.5. The minimum Gasteiger partial charge on any atom is -0.497 e. The van der Waals surface area contributed by atoms with Crippen LogP contribution < -0.4 is 24.3 Å². The van der Waals surface area contributed by atoms with Gasteiger partial charge >= 0.3 is 0 Å². The van der Waals surface area contributed by atoms with Crippen molar-refractivity contribution in [2.45, 2.75) is 57.5 Å². The Bertz CT molecular complexity index is 1150. The predicted octanol–water partition coefficient (Wildman–Crippen LogP) is 4.85. The molecule has 0 unspecified atom stereocenters. The van der Waals surface area contributed by atoms with E-state index >= 15 is 0 Å². The van der Waals surface area contributed by atoms with Crippen LogP contribution in [0.5, 0.6) is 23.0 Å². The molecule has 2 saturated heterocycles. The van der Waals surface area contributed by atoms with Gasteiger partial charge in [-0.25, -0.2) is 0 Å². The number of carbonyl (C=O) groups excluding carboxylic acids is 2. The van der Waals surface area contributed by atoms with Crippen LogP contribution >= 0.6 is 0 Å². The number of methoxy groups -OCH3 is 4. The van der Waals surface area contributed by atoms with E-state index in [1.54, 1.807) is 83.6 Å². The summed E-state index contributed by atoms with van der Waals surface area (Å²) in [5, 5.41) is 3.00. The average Bonchev–Trinajstić information content (AvgIpc) is 2.98. The maximum Gasteiger partial charge on any atom is 0.255 e. The van der Waals surface area contributed by atoms with E-state index in [0.717, 1.165) is 32.4 Å². The van der Waals surface area contributed by atoms with E-state index in [0.29, 0.717) is 46.8 Å². The quantitative estimate of drug-likeness (QED) is 0.450. The number of nitrogens with zero attached hydrogens (tertiary/aromatic N) is 2. The van der Waals surface area contributed by atoms with Gasteiger partial charge in [-0.15, -0.1) is 0 Å². The largest absolute Gasteiger partial charge is 0.497 e. The molecule has 9 heteroatoms. The van der Waals surface area contributed by atoms with Crippen molar-refractivity contribution < 1.29 is 28.5 Å². The molecule has 0 bridgehead atoms. The van der Waals surface area contributed by atoms with Crippen molar-refractivity contribution >= 4 is 17.5 Å². The van der Waals surface area contributed by atoms with Crippen LogP contribution in [0.2, 0.25) is 0 Å². The van der Waals surface area contributed by atoms with Gasteiger partial charge in [-0.05, 0) is 70.7 Å². The third-order valence-corrected chi connectivity index (χ3v) is 8.33. The Morgan fingerprint density at radius 3 is 1.95 bits per heavy atom. The summed E-state index contributed by atoms with van der Waals surface area (Å²) in [6.07, 6.45) is 5.65. The van der Waals surface area contributed by atoms with Crippen molar-refractivity contribution in [3.8, 4) is 23.0 Å². The van der Waals surface area contributed by atoms with Gasteiger partial charge in [-0.3, -0.25) is 9.59 Å². The fourth-order valence-corrected chi connectivity index (χ4v) is 5.96. The monoisotopic (exact) mass is 553 g/mol. The summed E-state index contributed by atoms with van der Waals surface area (Å²) in [5.41, 5.74) is -0.238. The van der Waals surface area contributed by atoms with E-state index in [1.807, 2.05) is 0 Å². The fraction of sp³-hybridized carbons (Fsp3) is 0.548. The van der Waals surface area contributed by atoms with Gasteiger partial charge in [0.05, 0.1) is 28.4 Å². The van der Waals surface area contributed by atoms with Crippen LogP contribution in [-0.4, -0.2) is 81.3 Å². The zero-order chi connectivity index (χ0) is 28.9. The highest BCUT2D eigenvalue weighted by Gasteiger charge is 2.42. The standard InChI is InChI=1S/C31H43N3O6/c1-31(2,30(36)32-23-16-26(39-5)19-27(17-23)40-6)34(20-21-10-9-13-33-12-8-7-11-28(21)33)29(35)22-14-24(37-3)18-25(15-22)38-4/h14-19,21,28H,7-13,20H2,1-6H3,(H,32,36)/t21-,28+/m0/s1. The normalized spacial score (nSPS) is 19.2. The van der Waals surface area contributed by atoms with Gasteiger partial charge in [-0.1, -0.05) is 6.42 Å². The molecule has 0 aliphatic carbocycles. The molecule has 2 aliphatic rings. The fourth-order valence-electron chi connectivity index (χ4n) is 5.96. The molecule has 2 fully saturated rings. The first-order valence-corrected chi connectivity index (χ1v) is 14.0. The van der Waals surface area contributed by atoms with Gasteiger partial charge in [0.1, 0.15) is 28.5 Å². The van der Waals surface area contributed by atoms with E-state index < -0.39 is 5.54 Å². The zero-order valence-corrected chi connectivity index (χ0v) is 24.6. The lowest BCUT2D eigenvalue weighted by Crippen LogP contribution is -2.59. The van der Waals surface area contributed by atoms with Crippen LogP contribution in [0.1, 0.15) is 56.3 Å². The smallest absolute Gasteiger partial charge is 0.255 e. The van der Waals surface area contributed by atoms with Crippen molar-refractivity contribution in [1.82, 2.24) is 9.80 Å². The number of anilines is 1. The lowest BCUT2D eigenvalue weighted by atomic mass is 9.82. The Balaban J connectivity index is 1.69. The van der Waals surface area contributed by atoms with E-state index in [4.69, 9.17) is 18.9 Å². The Kier molecular flexibility index (Phi) is 9.45. The van der Waals surface area contributed by atoms with Gasteiger partial charge in [0, 0.05) is 48.1 Å². The maximum atomic E-state index is 14.3. The highest BCUT2D eigenvalue weighted by atomic mass is 16.5. The number of fused-ring (bicyclic) bond motifs is 1. The van der Waals surface area contributed by atoms with Crippen LogP contribution in [-0.2, 0) is 4.79 Å². The van der Waals surface area contributed by atoms with E-state index in [9.17, 15) is 9.59 Å². The highest BCUT2D eigenvalue weighted by Crippen LogP contribution is 2.35. The van der Waals surface area contributed by atoms with Crippen LogP contribution in [0.4, 0.5) is 5.69 Å². The minimum atomic E-state index is -1.18. The molecule has 0 saturated carbocycles. The Labute approximate surface area is 237 Å². The summed E-state index contributed by atoms with van der Waals surface area (Å²) in [5.74, 6) is 1.88.